The van der Waals surface area contributed by atoms with Crippen LogP contribution in [0.1, 0.15) is 29.5 Å². The zero-order valence-corrected chi connectivity index (χ0v) is 13.1. The van der Waals surface area contributed by atoms with Crippen molar-refractivity contribution in [2.24, 2.45) is 0 Å². The smallest absolute Gasteiger partial charge is 0.316 e. The lowest BCUT2D eigenvalue weighted by Crippen LogP contribution is -2.28. The Hall–Kier alpha value is -1.25. The van der Waals surface area contributed by atoms with E-state index in [9.17, 15) is 13.2 Å². The highest BCUT2D eigenvalue weighted by atomic mass is 35.5. The molecule has 0 radical (unpaired) electrons. The molecule has 0 amide bonds. The number of aromatic nitrogens is 3. The molecule has 3 heterocycles. The average molecular weight is 351 g/mol. The predicted molar refractivity (Wildman–Crippen MR) is 80.2 cm³/mol. The number of nitrogens with one attached hydrogen (secondary N) is 1. The third-order valence-corrected chi connectivity index (χ3v) is 4.52. The molecular formula is C13H14ClF3N4S. The molecule has 2 aromatic heterocycles. The maximum atomic E-state index is 12.5. The quantitative estimate of drug-likeness (QED) is 0.900. The second-order valence-corrected chi connectivity index (χ2v) is 5.93. The molecule has 1 aliphatic heterocycles. The maximum Gasteiger partial charge on any atom is 0.433 e. The summed E-state index contributed by atoms with van der Waals surface area (Å²) in [5, 5.41) is 13.1. The van der Waals surface area contributed by atoms with E-state index >= 15 is 0 Å². The van der Waals surface area contributed by atoms with Crippen LogP contribution in [-0.4, -0.2) is 28.3 Å². The molecule has 0 aliphatic carbocycles. The Kier molecular flexibility index (Phi) is 5.36. The molecule has 3 rings (SSSR count). The molecule has 0 spiro atoms. The van der Waals surface area contributed by atoms with Crippen LogP contribution < -0.4 is 5.32 Å². The van der Waals surface area contributed by atoms with Crippen LogP contribution in [0.15, 0.2) is 18.3 Å². The van der Waals surface area contributed by atoms with E-state index in [-0.39, 0.29) is 12.4 Å². The second kappa shape index (κ2) is 6.89. The summed E-state index contributed by atoms with van der Waals surface area (Å²) in [7, 11) is 0. The number of nitrogens with zero attached hydrogens (tertiary/aromatic N) is 3. The average Bonchev–Trinajstić information content (AvgIpc) is 2.97. The summed E-state index contributed by atoms with van der Waals surface area (Å²) in [4.78, 5) is 3.45. The first-order valence-electron chi connectivity index (χ1n) is 6.62. The molecule has 22 heavy (non-hydrogen) atoms. The molecule has 1 saturated heterocycles. The minimum atomic E-state index is -4.42. The fourth-order valence-corrected chi connectivity index (χ4v) is 3.23. The van der Waals surface area contributed by atoms with Gasteiger partial charge < -0.3 is 5.32 Å². The normalized spacial score (nSPS) is 18.8. The van der Waals surface area contributed by atoms with E-state index in [2.05, 4.69) is 20.5 Å². The van der Waals surface area contributed by atoms with Crippen LogP contribution in [0.4, 0.5) is 13.2 Å². The SMILES string of the molecule is Cl.FC(F)(F)c1ccc(-c2nnc(C3CCCNC3)s2)cn1. The first kappa shape index (κ1) is 17.1. The summed E-state index contributed by atoms with van der Waals surface area (Å²) in [5.74, 6) is 0.340. The van der Waals surface area contributed by atoms with Crippen LogP contribution in [0.5, 0.6) is 0 Å². The van der Waals surface area contributed by atoms with Gasteiger partial charge >= 0.3 is 6.18 Å². The molecule has 120 valence electrons. The van der Waals surface area contributed by atoms with Crippen LogP contribution in [0.2, 0.25) is 0 Å². The Labute approximate surface area is 135 Å². The molecule has 1 unspecified atom stereocenters. The van der Waals surface area contributed by atoms with Crippen molar-refractivity contribution in [2.45, 2.75) is 24.9 Å². The van der Waals surface area contributed by atoms with Crippen molar-refractivity contribution in [1.82, 2.24) is 20.5 Å². The lowest BCUT2D eigenvalue weighted by Gasteiger charge is -2.19. The fraction of sp³-hybridized carbons (Fsp3) is 0.462. The monoisotopic (exact) mass is 350 g/mol. The highest BCUT2D eigenvalue weighted by Crippen LogP contribution is 2.32. The Morgan fingerprint density at radius 3 is 2.64 bits per heavy atom. The van der Waals surface area contributed by atoms with Gasteiger partial charge in [0.15, 0.2) is 0 Å². The molecule has 1 aliphatic rings. The lowest BCUT2D eigenvalue weighted by molar-refractivity contribution is -0.141. The standard InChI is InChI=1S/C13H13F3N4S.ClH/c14-13(15,16)10-4-3-9(7-18-10)12-20-19-11(21-12)8-2-1-5-17-6-8;/h3-4,7-8,17H,1-2,5-6H2;1H. The number of halogens is 4. The van der Waals surface area contributed by atoms with Gasteiger partial charge in [-0.15, -0.1) is 22.6 Å². The summed E-state index contributed by atoms with van der Waals surface area (Å²) in [6.45, 7) is 1.89. The van der Waals surface area contributed by atoms with E-state index in [1.54, 1.807) is 0 Å². The molecule has 1 N–H and O–H groups in total. The molecular weight excluding hydrogens is 337 g/mol. The Balaban J connectivity index is 0.00000176. The molecule has 1 atom stereocenters. The van der Waals surface area contributed by atoms with Gasteiger partial charge in [-0.2, -0.15) is 13.2 Å². The van der Waals surface area contributed by atoms with Crippen molar-refractivity contribution >= 4 is 23.7 Å². The van der Waals surface area contributed by atoms with Crippen LogP contribution in [-0.2, 0) is 6.18 Å². The van der Waals surface area contributed by atoms with Crippen LogP contribution >= 0.6 is 23.7 Å². The summed E-state index contributed by atoms with van der Waals surface area (Å²) in [6, 6.07) is 2.36. The van der Waals surface area contributed by atoms with Gasteiger partial charge in [0.1, 0.15) is 15.7 Å². The minimum absolute atomic E-state index is 0. The molecule has 2 aromatic rings. The number of rotatable bonds is 2. The molecule has 1 fully saturated rings. The Morgan fingerprint density at radius 2 is 2.05 bits per heavy atom. The molecule has 9 heteroatoms. The topological polar surface area (TPSA) is 50.7 Å². The van der Waals surface area contributed by atoms with E-state index in [1.807, 2.05) is 0 Å². The Morgan fingerprint density at radius 1 is 1.23 bits per heavy atom. The number of hydrogen-bond acceptors (Lipinski definition) is 5. The number of piperidine rings is 1. The first-order chi connectivity index (χ1) is 10.0. The van der Waals surface area contributed by atoms with Crippen molar-refractivity contribution in [3.05, 3.63) is 29.0 Å². The molecule has 0 bridgehead atoms. The van der Waals surface area contributed by atoms with Gasteiger partial charge in [0.25, 0.3) is 0 Å². The van der Waals surface area contributed by atoms with Crippen LogP contribution in [0.3, 0.4) is 0 Å². The number of hydrogen-bond donors (Lipinski definition) is 1. The third-order valence-electron chi connectivity index (χ3n) is 3.39. The van der Waals surface area contributed by atoms with Gasteiger partial charge in [0.2, 0.25) is 0 Å². The van der Waals surface area contributed by atoms with Gasteiger partial charge in [0, 0.05) is 24.2 Å². The summed E-state index contributed by atoms with van der Waals surface area (Å²) >= 11 is 1.42. The van der Waals surface area contributed by atoms with E-state index < -0.39 is 11.9 Å². The van der Waals surface area contributed by atoms with Gasteiger partial charge in [-0.25, -0.2) is 0 Å². The number of pyridine rings is 1. The summed E-state index contributed by atoms with van der Waals surface area (Å²) < 4.78 is 37.4. The van der Waals surface area contributed by atoms with Crippen LogP contribution in [0, 0.1) is 0 Å². The predicted octanol–water partition coefficient (Wildman–Crippen LogP) is 3.51. The van der Waals surface area contributed by atoms with Gasteiger partial charge in [0.05, 0.1) is 0 Å². The zero-order chi connectivity index (χ0) is 14.9. The van der Waals surface area contributed by atoms with Gasteiger partial charge in [-0.05, 0) is 31.5 Å². The highest BCUT2D eigenvalue weighted by Gasteiger charge is 2.32. The van der Waals surface area contributed by atoms with E-state index in [4.69, 9.17) is 0 Å². The molecule has 0 saturated carbocycles. The largest absolute Gasteiger partial charge is 0.433 e. The maximum absolute atomic E-state index is 12.5. The minimum Gasteiger partial charge on any atom is -0.316 e. The van der Waals surface area contributed by atoms with Crippen LogP contribution in [0.25, 0.3) is 10.6 Å². The number of alkyl halides is 3. The van der Waals surface area contributed by atoms with Gasteiger partial charge in [-0.3, -0.25) is 4.98 Å². The first-order valence-corrected chi connectivity index (χ1v) is 7.43. The van der Waals surface area contributed by atoms with Crippen molar-refractivity contribution in [3.63, 3.8) is 0 Å². The fourth-order valence-electron chi connectivity index (χ4n) is 2.27. The third kappa shape index (κ3) is 3.74. The molecule has 0 aromatic carbocycles. The van der Waals surface area contributed by atoms with Crippen molar-refractivity contribution < 1.29 is 13.2 Å². The lowest BCUT2D eigenvalue weighted by atomic mass is 10.0. The van der Waals surface area contributed by atoms with E-state index in [1.165, 1.54) is 23.6 Å². The second-order valence-electron chi connectivity index (χ2n) is 4.92. The van der Waals surface area contributed by atoms with Gasteiger partial charge in [-0.1, -0.05) is 11.3 Å². The van der Waals surface area contributed by atoms with E-state index in [0.29, 0.717) is 16.5 Å². The summed E-state index contributed by atoms with van der Waals surface area (Å²) in [5.41, 5.74) is -0.331. The van der Waals surface area contributed by atoms with E-state index in [0.717, 1.165) is 37.0 Å². The van der Waals surface area contributed by atoms with Crippen molar-refractivity contribution in [3.8, 4) is 10.6 Å². The zero-order valence-electron chi connectivity index (χ0n) is 11.4. The molecule has 4 nitrogen and oxygen atoms in total. The Bertz CT molecular complexity index is 608. The van der Waals surface area contributed by atoms with Crippen molar-refractivity contribution in [1.29, 1.82) is 0 Å². The van der Waals surface area contributed by atoms with Crippen molar-refractivity contribution in [2.75, 3.05) is 13.1 Å². The summed E-state index contributed by atoms with van der Waals surface area (Å²) in [6.07, 6.45) is -1.06. The highest BCUT2D eigenvalue weighted by molar-refractivity contribution is 7.14.